The number of halogens is 1. The average molecular weight is 231 g/mol. The average Bonchev–Trinajstić information content (AvgIpc) is 2.17. The maximum absolute atomic E-state index is 13.2. The fourth-order valence-electron chi connectivity index (χ4n) is 1.19. The first-order valence-corrected chi connectivity index (χ1v) is 6.35. The predicted octanol–water partition coefficient (Wildman–Crippen LogP) is 1.34. The zero-order chi connectivity index (χ0) is 11.5. The van der Waals surface area contributed by atoms with E-state index < -0.39 is 21.7 Å². The van der Waals surface area contributed by atoms with Crippen LogP contribution in [0.15, 0.2) is 29.2 Å². The first kappa shape index (κ1) is 12.1. The van der Waals surface area contributed by atoms with E-state index in [2.05, 4.69) is 0 Å². The largest absolute Gasteiger partial charge is 0.327 e. The van der Waals surface area contributed by atoms with Crippen molar-refractivity contribution >= 4 is 9.84 Å². The van der Waals surface area contributed by atoms with E-state index in [1.807, 2.05) is 0 Å². The Morgan fingerprint density at radius 3 is 2.53 bits per heavy atom. The Balaban J connectivity index is 3.02. The van der Waals surface area contributed by atoms with Crippen molar-refractivity contribution in [1.29, 1.82) is 0 Å². The van der Waals surface area contributed by atoms with E-state index in [1.165, 1.54) is 18.2 Å². The molecule has 5 heteroatoms. The van der Waals surface area contributed by atoms with Crippen molar-refractivity contribution in [2.24, 2.45) is 5.73 Å². The number of rotatable bonds is 4. The summed E-state index contributed by atoms with van der Waals surface area (Å²) in [5, 5.41) is 0. The van der Waals surface area contributed by atoms with Crippen LogP contribution < -0.4 is 5.73 Å². The van der Waals surface area contributed by atoms with Gasteiger partial charge < -0.3 is 5.73 Å². The molecule has 0 bridgehead atoms. The van der Waals surface area contributed by atoms with Crippen molar-refractivity contribution in [1.82, 2.24) is 0 Å². The quantitative estimate of drug-likeness (QED) is 0.850. The smallest absolute Gasteiger partial charge is 0.182 e. The van der Waals surface area contributed by atoms with Crippen LogP contribution in [0, 0.1) is 5.82 Å². The van der Waals surface area contributed by atoms with Crippen molar-refractivity contribution in [3.63, 3.8) is 0 Å². The second kappa shape index (κ2) is 4.72. The second-order valence-electron chi connectivity index (χ2n) is 3.38. The SMILES string of the molecule is CCC(N)CS(=O)(=O)c1ccccc1F. The number of hydrogen-bond acceptors (Lipinski definition) is 3. The van der Waals surface area contributed by atoms with E-state index in [9.17, 15) is 12.8 Å². The van der Waals surface area contributed by atoms with Gasteiger partial charge in [-0.3, -0.25) is 0 Å². The number of nitrogens with two attached hydrogens (primary N) is 1. The van der Waals surface area contributed by atoms with Crippen molar-refractivity contribution in [2.45, 2.75) is 24.3 Å². The van der Waals surface area contributed by atoms with E-state index in [4.69, 9.17) is 5.73 Å². The summed E-state index contributed by atoms with van der Waals surface area (Å²) in [7, 11) is -3.60. The van der Waals surface area contributed by atoms with E-state index >= 15 is 0 Å². The van der Waals surface area contributed by atoms with Gasteiger partial charge in [0.15, 0.2) is 9.84 Å². The van der Waals surface area contributed by atoms with Crippen LogP contribution in [-0.4, -0.2) is 20.2 Å². The molecule has 0 heterocycles. The lowest BCUT2D eigenvalue weighted by molar-refractivity contribution is 0.560. The van der Waals surface area contributed by atoms with Crippen LogP contribution in [0.5, 0.6) is 0 Å². The molecule has 15 heavy (non-hydrogen) atoms. The molecule has 0 aromatic heterocycles. The third kappa shape index (κ3) is 3.00. The summed E-state index contributed by atoms with van der Waals surface area (Å²) in [5.74, 6) is -0.939. The minimum atomic E-state index is -3.60. The summed E-state index contributed by atoms with van der Waals surface area (Å²) >= 11 is 0. The van der Waals surface area contributed by atoms with E-state index in [-0.39, 0.29) is 10.6 Å². The lowest BCUT2D eigenvalue weighted by Gasteiger charge is -2.09. The first-order valence-electron chi connectivity index (χ1n) is 4.70. The normalized spacial score (nSPS) is 13.8. The van der Waals surface area contributed by atoms with E-state index in [0.717, 1.165) is 6.07 Å². The monoisotopic (exact) mass is 231 g/mol. The van der Waals surface area contributed by atoms with Crippen molar-refractivity contribution in [3.05, 3.63) is 30.1 Å². The molecule has 0 spiro atoms. The molecule has 0 saturated heterocycles. The molecule has 2 N–H and O–H groups in total. The van der Waals surface area contributed by atoms with E-state index in [0.29, 0.717) is 6.42 Å². The summed E-state index contributed by atoms with van der Waals surface area (Å²) in [5.41, 5.74) is 5.54. The molecule has 0 aliphatic heterocycles. The Morgan fingerprint density at radius 2 is 2.00 bits per heavy atom. The molecular weight excluding hydrogens is 217 g/mol. The predicted molar refractivity (Wildman–Crippen MR) is 56.7 cm³/mol. The highest BCUT2D eigenvalue weighted by Crippen LogP contribution is 2.16. The van der Waals surface area contributed by atoms with Crippen molar-refractivity contribution in [3.8, 4) is 0 Å². The second-order valence-corrected chi connectivity index (χ2v) is 5.38. The minimum Gasteiger partial charge on any atom is -0.327 e. The summed E-state index contributed by atoms with van der Waals surface area (Å²) in [6, 6.07) is 4.88. The number of sulfone groups is 1. The molecule has 0 saturated carbocycles. The molecule has 0 amide bonds. The van der Waals surface area contributed by atoms with Gasteiger partial charge >= 0.3 is 0 Å². The highest BCUT2D eigenvalue weighted by Gasteiger charge is 2.20. The first-order chi connectivity index (χ1) is 6.97. The zero-order valence-corrected chi connectivity index (χ0v) is 9.30. The van der Waals surface area contributed by atoms with Crippen LogP contribution in [0.3, 0.4) is 0 Å². The van der Waals surface area contributed by atoms with Gasteiger partial charge in [-0.05, 0) is 18.6 Å². The van der Waals surface area contributed by atoms with Crippen LogP contribution in [-0.2, 0) is 9.84 Å². The third-order valence-electron chi connectivity index (χ3n) is 2.13. The Labute approximate surface area is 89.0 Å². The maximum Gasteiger partial charge on any atom is 0.182 e. The summed E-state index contributed by atoms with van der Waals surface area (Å²) in [6.07, 6.45) is 0.549. The Hall–Kier alpha value is -0.940. The van der Waals surface area contributed by atoms with Crippen LogP contribution in [0.1, 0.15) is 13.3 Å². The van der Waals surface area contributed by atoms with Gasteiger partial charge in [-0.25, -0.2) is 12.8 Å². The molecule has 1 unspecified atom stereocenters. The number of benzene rings is 1. The molecule has 0 aliphatic carbocycles. The summed E-state index contributed by atoms with van der Waals surface area (Å²) < 4.78 is 36.6. The number of hydrogen-bond donors (Lipinski definition) is 1. The van der Waals surface area contributed by atoms with Gasteiger partial charge in [0.25, 0.3) is 0 Å². The standard InChI is InChI=1S/C10H14FNO2S/c1-2-8(12)7-15(13,14)10-6-4-3-5-9(10)11/h3-6,8H,2,7,12H2,1H3. The van der Waals surface area contributed by atoms with Crippen LogP contribution >= 0.6 is 0 Å². The topological polar surface area (TPSA) is 60.2 Å². The maximum atomic E-state index is 13.2. The highest BCUT2D eigenvalue weighted by atomic mass is 32.2. The van der Waals surface area contributed by atoms with Gasteiger partial charge in [-0.2, -0.15) is 0 Å². The molecule has 1 rings (SSSR count). The van der Waals surface area contributed by atoms with Crippen LogP contribution in [0.2, 0.25) is 0 Å². The molecular formula is C10H14FNO2S. The van der Waals surface area contributed by atoms with Gasteiger partial charge in [0, 0.05) is 6.04 Å². The minimum absolute atomic E-state index is 0.218. The van der Waals surface area contributed by atoms with Gasteiger partial charge in [0.1, 0.15) is 10.7 Å². The molecule has 0 fully saturated rings. The van der Waals surface area contributed by atoms with Gasteiger partial charge in [0.05, 0.1) is 5.75 Å². The van der Waals surface area contributed by atoms with Crippen molar-refractivity contribution in [2.75, 3.05) is 5.75 Å². The fraction of sp³-hybridized carbons (Fsp3) is 0.400. The Kier molecular flexibility index (Phi) is 3.82. The van der Waals surface area contributed by atoms with E-state index in [1.54, 1.807) is 6.92 Å². The Morgan fingerprint density at radius 1 is 1.40 bits per heavy atom. The molecule has 1 atom stereocenters. The molecule has 84 valence electrons. The van der Waals surface area contributed by atoms with Crippen LogP contribution in [0.4, 0.5) is 4.39 Å². The Bertz CT molecular complexity index is 431. The zero-order valence-electron chi connectivity index (χ0n) is 8.48. The lowest BCUT2D eigenvalue weighted by atomic mass is 10.3. The molecule has 1 aromatic carbocycles. The summed E-state index contributed by atoms with van der Waals surface area (Å²) in [6.45, 7) is 1.79. The lowest BCUT2D eigenvalue weighted by Crippen LogP contribution is -2.29. The van der Waals surface area contributed by atoms with Gasteiger partial charge in [0.2, 0.25) is 0 Å². The van der Waals surface area contributed by atoms with Crippen LogP contribution in [0.25, 0.3) is 0 Å². The van der Waals surface area contributed by atoms with Crippen molar-refractivity contribution < 1.29 is 12.8 Å². The third-order valence-corrected chi connectivity index (χ3v) is 4.00. The molecule has 0 radical (unpaired) electrons. The summed E-state index contributed by atoms with van der Waals surface area (Å²) in [4.78, 5) is -0.270. The van der Waals surface area contributed by atoms with Gasteiger partial charge in [-0.15, -0.1) is 0 Å². The van der Waals surface area contributed by atoms with Gasteiger partial charge in [-0.1, -0.05) is 19.1 Å². The molecule has 3 nitrogen and oxygen atoms in total. The molecule has 0 aliphatic rings. The highest BCUT2D eigenvalue weighted by molar-refractivity contribution is 7.91. The molecule has 1 aromatic rings. The fourth-order valence-corrected chi connectivity index (χ4v) is 2.82.